The second-order valence-electron chi connectivity index (χ2n) is 2.68. The van der Waals surface area contributed by atoms with E-state index >= 15 is 0 Å². The predicted octanol–water partition coefficient (Wildman–Crippen LogP) is 3.18. The molecule has 0 aromatic rings. The molecule has 0 aliphatic rings. The van der Waals surface area contributed by atoms with E-state index in [0.29, 0.717) is 15.0 Å². The van der Waals surface area contributed by atoms with Crippen molar-refractivity contribution in [2.45, 2.75) is 38.2 Å². The van der Waals surface area contributed by atoms with Gasteiger partial charge in [-0.1, -0.05) is 27.7 Å². The van der Waals surface area contributed by atoms with Gasteiger partial charge in [0.2, 0.25) is 0 Å². The van der Waals surface area contributed by atoms with Crippen molar-refractivity contribution < 1.29 is 0 Å². The molecule has 0 rings (SSSR count). The molecule has 0 saturated heterocycles. The number of rotatable bonds is 4. The van der Waals surface area contributed by atoms with Crippen molar-refractivity contribution in [1.82, 2.24) is 0 Å². The Hall–Kier alpha value is 1.11. The molecule has 0 spiro atoms. The molecule has 0 aromatic carbocycles. The molecular formula is C6H15BS3. The predicted molar refractivity (Wildman–Crippen MR) is 60.2 cm³/mol. The summed E-state index contributed by atoms with van der Waals surface area (Å²) in [6.07, 6.45) is 0. The van der Waals surface area contributed by atoms with Crippen LogP contribution < -0.4 is 0 Å². The third-order valence-electron chi connectivity index (χ3n) is 0.777. The van der Waals surface area contributed by atoms with Gasteiger partial charge in [-0.15, -0.1) is 0 Å². The molecule has 0 aromatic heterocycles. The highest BCUT2D eigenvalue weighted by Gasteiger charge is 2.13. The van der Waals surface area contributed by atoms with E-state index < -0.39 is 0 Å². The van der Waals surface area contributed by atoms with E-state index in [-0.39, 0.29) is 0 Å². The Morgan fingerprint density at radius 1 is 1.00 bits per heavy atom. The standard InChI is InChI=1S/C6H15BS3/c1-5(2)9-7(8)10-6(3)4/h5-6,8H,1-4H3. The average Bonchev–Trinajstić information content (AvgIpc) is 1.58. The summed E-state index contributed by atoms with van der Waals surface area (Å²) in [4.78, 5) is 0. The Labute approximate surface area is 78.5 Å². The molecule has 0 bridgehead atoms. The Morgan fingerprint density at radius 2 is 1.30 bits per heavy atom. The first kappa shape index (κ1) is 11.1. The van der Waals surface area contributed by atoms with Crippen molar-refractivity contribution >= 4 is 40.3 Å². The lowest BCUT2D eigenvalue weighted by Gasteiger charge is -2.11. The van der Waals surface area contributed by atoms with Crippen molar-refractivity contribution in [3.8, 4) is 0 Å². The third kappa shape index (κ3) is 7.22. The minimum Gasteiger partial charge on any atom is -0.201 e. The van der Waals surface area contributed by atoms with Crippen molar-refractivity contribution in [1.29, 1.82) is 0 Å². The van der Waals surface area contributed by atoms with Gasteiger partial charge in [-0.05, 0) is 10.5 Å². The molecule has 0 fully saturated rings. The molecule has 0 amide bonds. The average molecular weight is 194 g/mol. The van der Waals surface area contributed by atoms with E-state index in [1.54, 1.807) is 0 Å². The number of thiol groups is 1. The molecule has 4 heteroatoms. The van der Waals surface area contributed by atoms with Gasteiger partial charge in [-0.3, -0.25) is 0 Å². The summed E-state index contributed by atoms with van der Waals surface area (Å²) in [6, 6.07) is 0. The van der Waals surface area contributed by atoms with E-state index in [1.165, 1.54) is 0 Å². The van der Waals surface area contributed by atoms with Gasteiger partial charge in [0.05, 0.1) is 0 Å². The summed E-state index contributed by atoms with van der Waals surface area (Å²) < 4.78 is 0.444. The van der Waals surface area contributed by atoms with Crippen LogP contribution in [0.1, 0.15) is 27.7 Å². The highest BCUT2D eigenvalue weighted by molar-refractivity contribution is 8.73. The molecule has 0 aliphatic carbocycles. The van der Waals surface area contributed by atoms with Crippen molar-refractivity contribution in [3.05, 3.63) is 0 Å². The highest BCUT2D eigenvalue weighted by atomic mass is 32.2. The van der Waals surface area contributed by atoms with Crippen LogP contribution in [0.4, 0.5) is 0 Å². The molecule has 0 heterocycles. The van der Waals surface area contributed by atoms with Crippen LogP contribution in [0.15, 0.2) is 0 Å². The van der Waals surface area contributed by atoms with Gasteiger partial charge in [0, 0.05) is 0 Å². The van der Waals surface area contributed by atoms with E-state index in [4.69, 9.17) is 0 Å². The monoisotopic (exact) mass is 194 g/mol. The van der Waals surface area contributed by atoms with Crippen LogP contribution in [0.3, 0.4) is 0 Å². The second-order valence-corrected chi connectivity index (χ2v) is 7.56. The van der Waals surface area contributed by atoms with Crippen LogP contribution in [0.5, 0.6) is 0 Å². The third-order valence-corrected chi connectivity index (χ3v) is 3.73. The smallest absolute Gasteiger partial charge is 0.201 e. The zero-order chi connectivity index (χ0) is 8.15. The lowest BCUT2D eigenvalue weighted by molar-refractivity contribution is 1.12. The first-order valence-corrected chi connectivity index (χ1v) is 5.91. The van der Waals surface area contributed by atoms with Gasteiger partial charge in [-0.25, -0.2) is 12.5 Å². The zero-order valence-electron chi connectivity index (χ0n) is 7.00. The molecule has 0 radical (unpaired) electrons. The summed E-state index contributed by atoms with van der Waals surface area (Å²) in [6.45, 7) is 8.81. The SMILES string of the molecule is CC(C)SB(S)SC(C)C. The largest absolute Gasteiger partial charge is 0.338 e. The van der Waals surface area contributed by atoms with Gasteiger partial charge >= 0.3 is 4.55 Å². The molecule has 10 heavy (non-hydrogen) atoms. The Morgan fingerprint density at radius 3 is 1.50 bits per heavy atom. The maximum Gasteiger partial charge on any atom is 0.338 e. The van der Waals surface area contributed by atoms with Gasteiger partial charge in [0.1, 0.15) is 0 Å². The summed E-state index contributed by atoms with van der Waals surface area (Å²) in [5.74, 6) is 0. The van der Waals surface area contributed by atoms with E-state index in [2.05, 4.69) is 40.2 Å². The molecule has 60 valence electrons. The van der Waals surface area contributed by atoms with Gasteiger partial charge < -0.3 is 0 Å². The lowest BCUT2D eigenvalue weighted by Crippen LogP contribution is -2.03. The fraction of sp³-hybridized carbons (Fsp3) is 1.00. The van der Waals surface area contributed by atoms with Crippen LogP contribution in [0.25, 0.3) is 0 Å². The minimum atomic E-state index is 0.444. The maximum atomic E-state index is 4.43. The summed E-state index contributed by atoms with van der Waals surface area (Å²) >= 11 is 8.25. The van der Waals surface area contributed by atoms with Crippen LogP contribution in [-0.4, -0.2) is 15.0 Å². The fourth-order valence-corrected chi connectivity index (χ4v) is 4.48. The van der Waals surface area contributed by atoms with Crippen LogP contribution in [0, 0.1) is 0 Å². The number of hydrogen-bond donors (Lipinski definition) is 1. The van der Waals surface area contributed by atoms with Crippen molar-refractivity contribution in [2.24, 2.45) is 0 Å². The van der Waals surface area contributed by atoms with Gasteiger partial charge in [0.25, 0.3) is 0 Å². The topological polar surface area (TPSA) is 0 Å². The molecule has 0 nitrogen and oxygen atoms in total. The Kier molecular flexibility index (Phi) is 6.36. The Bertz CT molecular complexity index is 75.1. The quantitative estimate of drug-likeness (QED) is 0.539. The number of hydrogen-bond acceptors (Lipinski definition) is 3. The maximum absolute atomic E-state index is 4.43. The molecule has 0 saturated carbocycles. The van der Waals surface area contributed by atoms with Crippen LogP contribution in [-0.2, 0) is 0 Å². The first-order chi connectivity index (χ1) is 4.52. The Balaban J connectivity index is 3.34. The molecule has 0 unspecified atom stereocenters. The summed E-state index contributed by atoms with van der Waals surface area (Å²) in [7, 11) is 0. The lowest BCUT2D eigenvalue weighted by atomic mass is 10.6. The second kappa shape index (κ2) is 5.73. The van der Waals surface area contributed by atoms with Crippen molar-refractivity contribution in [3.63, 3.8) is 0 Å². The van der Waals surface area contributed by atoms with Crippen molar-refractivity contribution in [2.75, 3.05) is 0 Å². The van der Waals surface area contributed by atoms with E-state index in [0.717, 1.165) is 0 Å². The molecule has 0 aliphatic heterocycles. The normalized spacial score (nSPS) is 11.1. The summed E-state index contributed by atoms with van der Waals surface area (Å²) in [5, 5.41) is 1.38. The molecule has 0 atom stereocenters. The van der Waals surface area contributed by atoms with Crippen LogP contribution in [0.2, 0.25) is 0 Å². The zero-order valence-corrected chi connectivity index (χ0v) is 9.52. The van der Waals surface area contributed by atoms with E-state index in [1.807, 2.05) is 23.2 Å². The van der Waals surface area contributed by atoms with Gasteiger partial charge in [-0.2, -0.15) is 23.2 Å². The highest BCUT2D eigenvalue weighted by Crippen LogP contribution is 2.28. The summed E-state index contributed by atoms with van der Waals surface area (Å²) in [5.41, 5.74) is 0. The van der Waals surface area contributed by atoms with E-state index in [9.17, 15) is 0 Å². The van der Waals surface area contributed by atoms with Crippen LogP contribution >= 0.6 is 35.7 Å². The fourth-order valence-electron chi connectivity index (χ4n) is 0.498. The first-order valence-electron chi connectivity index (χ1n) is 3.51. The molecule has 0 N–H and O–H groups in total. The minimum absolute atomic E-state index is 0.444. The van der Waals surface area contributed by atoms with Gasteiger partial charge in [0.15, 0.2) is 0 Å². The molecular weight excluding hydrogens is 179 g/mol.